The summed E-state index contributed by atoms with van der Waals surface area (Å²) in [5.41, 5.74) is 0.920. The van der Waals surface area contributed by atoms with E-state index in [9.17, 15) is 14.0 Å². The Labute approximate surface area is 150 Å². The normalized spacial score (nSPS) is 10.0. The van der Waals surface area contributed by atoms with E-state index in [0.29, 0.717) is 17.8 Å². The number of hydrogen-bond donors (Lipinski definition) is 3. The minimum absolute atomic E-state index is 0.0133. The standard InChI is InChI=1S/C18H18FN3O2S/c1-2-10-20-16(23)12-6-5-7-13(11-12)21-18(25)22-17(24)14-8-3-4-9-15(14)19/h3-9,11H,2,10H2,1H3,(H,20,23)(H2,21,22,24,25). The van der Waals surface area contributed by atoms with Gasteiger partial charge >= 0.3 is 0 Å². The van der Waals surface area contributed by atoms with E-state index in [4.69, 9.17) is 12.2 Å². The number of thiocarbonyl (C=S) groups is 1. The van der Waals surface area contributed by atoms with Gasteiger partial charge in [0.2, 0.25) is 0 Å². The van der Waals surface area contributed by atoms with Gasteiger partial charge in [-0.3, -0.25) is 14.9 Å². The van der Waals surface area contributed by atoms with Crippen molar-refractivity contribution in [2.24, 2.45) is 0 Å². The first-order valence-corrected chi connectivity index (χ1v) is 8.17. The maximum atomic E-state index is 13.6. The lowest BCUT2D eigenvalue weighted by Gasteiger charge is -2.11. The van der Waals surface area contributed by atoms with E-state index in [1.165, 1.54) is 18.2 Å². The number of anilines is 1. The van der Waals surface area contributed by atoms with Gasteiger partial charge in [0.1, 0.15) is 5.82 Å². The van der Waals surface area contributed by atoms with Gasteiger partial charge in [0.25, 0.3) is 11.8 Å². The van der Waals surface area contributed by atoms with Crippen LogP contribution in [0.25, 0.3) is 0 Å². The van der Waals surface area contributed by atoms with E-state index >= 15 is 0 Å². The number of benzene rings is 2. The highest BCUT2D eigenvalue weighted by Crippen LogP contribution is 2.11. The number of halogens is 1. The molecule has 0 atom stereocenters. The highest BCUT2D eigenvalue weighted by molar-refractivity contribution is 7.80. The molecule has 25 heavy (non-hydrogen) atoms. The molecule has 2 aromatic carbocycles. The summed E-state index contributed by atoms with van der Waals surface area (Å²) in [6.45, 7) is 2.56. The van der Waals surface area contributed by atoms with Crippen LogP contribution in [0.3, 0.4) is 0 Å². The molecule has 2 amide bonds. The van der Waals surface area contributed by atoms with Crippen LogP contribution in [-0.2, 0) is 0 Å². The van der Waals surface area contributed by atoms with Crippen molar-refractivity contribution >= 4 is 34.8 Å². The molecular formula is C18H18FN3O2S. The molecule has 3 N–H and O–H groups in total. The molecule has 0 aromatic heterocycles. The Kier molecular flexibility index (Phi) is 6.59. The SMILES string of the molecule is CCCNC(=O)c1cccc(NC(=S)NC(=O)c2ccccc2F)c1. The van der Waals surface area contributed by atoms with E-state index in [0.717, 1.165) is 6.42 Å². The second-order valence-electron chi connectivity index (χ2n) is 5.22. The summed E-state index contributed by atoms with van der Waals surface area (Å²) < 4.78 is 13.6. The van der Waals surface area contributed by atoms with Gasteiger partial charge < -0.3 is 10.6 Å². The third kappa shape index (κ3) is 5.36. The van der Waals surface area contributed by atoms with Gasteiger partial charge in [-0.2, -0.15) is 0 Å². The first-order valence-electron chi connectivity index (χ1n) is 7.76. The van der Waals surface area contributed by atoms with Crippen LogP contribution in [0.1, 0.15) is 34.1 Å². The molecule has 0 radical (unpaired) electrons. The molecule has 5 nitrogen and oxygen atoms in total. The lowest BCUT2D eigenvalue weighted by molar-refractivity contribution is 0.0950. The van der Waals surface area contributed by atoms with Crippen molar-refractivity contribution in [3.05, 3.63) is 65.5 Å². The van der Waals surface area contributed by atoms with E-state index in [1.807, 2.05) is 6.92 Å². The van der Waals surface area contributed by atoms with Crippen LogP contribution in [0.15, 0.2) is 48.5 Å². The number of carbonyl (C=O) groups is 2. The molecule has 0 heterocycles. The van der Waals surface area contributed by atoms with Crippen LogP contribution < -0.4 is 16.0 Å². The summed E-state index contributed by atoms with van der Waals surface area (Å²) in [7, 11) is 0. The van der Waals surface area contributed by atoms with Gasteiger partial charge in [-0.1, -0.05) is 25.1 Å². The summed E-state index contributed by atoms with van der Waals surface area (Å²) in [5, 5.41) is 8.01. The van der Waals surface area contributed by atoms with Gasteiger partial charge in [-0.05, 0) is 49.0 Å². The fraction of sp³-hybridized carbons (Fsp3) is 0.167. The van der Waals surface area contributed by atoms with Crippen LogP contribution >= 0.6 is 12.2 Å². The van der Waals surface area contributed by atoms with Gasteiger partial charge in [-0.25, -0.2) is 4.39 Å². The summed E-state index contributed by atoms with van der Waals surface area (Å²) in [6, 6.07) is 12.3. The predicted molar refractivity (Wildman–Crippen MR) is 99.2 cm³/mol. The number of carbonyl (C=O) groups excluding carboxylic acids is 2. The first kappa shape index (κ1) is 18.5. The van der Waals surface area contributed by atoms with Crippen molar-refractivity contribution < 1.29 is 14.0 Å². The monoisotopic (exact) mass is 359 g/mol. The summed E-state index contributed by atoms with van der Waals surface area (Å²) in [4.78, 5) is 24.0. The summed E-state index contributed by atoms with van der Waals surface area (Å²) in [6.07, 6.45) is 0.843. The highest BCUT2D eigenvalue weighted by Gasteiger charge is 2.12. The molecule has 0 saturated carbocycles. The van der Waals surface area contributed by atoms with Gasteiger partial charge in [0.05, 0.1) is 5.56 Å². The zero-order valence-electron chi connectivity index (χ0n) is 13.6. The topological polar surface area (TPSA) is 70.2 Å². The van der Waals surface area contributed by atoms with Gasteiger partial charge in [0.15, 0.2) is 5.11 Å². The zero-order valence-corrected chi connectivity index (χ0v) is 14.5. The largest absolute Gasteiger partial charge is 0.352 e. The maximum Gasteiger partial charge on any atom is 0.260 e. The highest BCUT2D eigenvalue weighted by atomic mass is 32.1. The number of nitrogens with one attached hydrogen (secondary N) is 3. The number of rotatable bonds is 5. The minimum atomic E-state index is -0.646. The van der Waals surface area contributed by atoms with E-state index in [1.54, 1.807) is 30.3 Å². The Bertz CT molecular complexity index is 795. The smallest absolute Gasteiger partial charge is 0.260 e. The molecule has 130 valence electrons. The zero-order chi connectivity index (χ0) is 18.2. The van der Waals surface area contributed by atoms with Crippen LogP contribution in [0.4, 0.5) is 10.1 Å². The molecule has 0 fully saturated rings. The number of amides is 2. The molecule has 0 aliphatic carbocycles. The molecule has 2 aromatic rings. The lowest BCUT2D eigenvalue weighted by Crippen LogP contribution is -2.34. The fourth-order valence-electron chi connectivity index (χ4n) is 2.06. The van der Waals surface area contributed by atoms with Gasteiger partial charge in [-0.15, -0.1) is 0 Å². The average molecular weight is 359 g/mol. The molecule has 0 spiro atoms. The molecule has 0 aliphatic rings. The molecule has 0 bridgehead atoms. The molecule has 2 rings (SSSR count). The second kappa shape index (κ2) is 8.89. The molecule has 0 unspecified atom stereocenters. The molecular weight excluding hydrogens is 341 g/mol. The summed E-state index contributed by atoms with van der Waals surface area (Å²) in [5.74, 6) is -1.46. The third-order valence-corrected chi connectivity index (χ3v) is 3.47. The Balaban J connectivity index is 2.00. The van der Waals surface area contributed by atoms with Crippen LogP contribution in [0.2, 0.25) is 0 Å². The van der Waals surface area contributed by atoms with Crippen LogP contribution in [0.5, 0.6) is 0 Å². The van der Waals surface area contributed by atoms with Crippen LogP contribution in [0, 0.1) is 5.82 Å². The average Bonchev–Trinajstić information content (AvgIpc) is 2.60. The quantitative estimate of drug-likeness (QED) is 0.718. The summed E-state index contributed by atoms with van der Waals surface area (Å²) >= 11 is 5.07. The first-order chi connectivity index (χ1) is 12.0. The van der Waals surface area contributed by atoms with Crippen molar-refractivity contribution in [2.75, 3.05) is 11.9 Å². The van der Waals surface area contributed by atoms with Crippen LogP contribution in [-0.4, -0.2) is 23.5 Å². The molecule has 0 aliphatic heterocycles. The van der Waals surface area contributed by atoms with Crippen molar-refractivity contribution in [1.82, 2.24) is 10.6 Å². The maximum absolute atomic E-state index is 13.6. The number of hydrogen-bond acceptors (Lipinski definition) is 3. The Morgan fingerprint density at radius 3 is 2.56 bits per heavy atom. The Morgan fingerprint density at radius 2 is 1.84 bits per heavy atom. The van der Waals surface area contributed by atoms with E-state index in [-0.39, 0.29) is 16.6 Å². The van der Waals surface area contributed by atoms with Crippen molar-refractivity contribution in [3.8, 4) is 0 Å². The van der Waals surface area contributed by atoms with Crippen molar-refractivity contribution in [1.29, 1.82) is 0 Å². The lowest BCUT2D eigenvalue weighted by atomic mass is 10.2. The third-order valence-electron chi connectivity index (χ3n) is 3.26. The fourth-order valence-corrected chi connectivity index (χ4v) is 2.27. The van der Waals surface area contributed by atoms with Crippen molar-refractivity contribution in [3.63, 3.8) is 0 Å². The second-order valence-corrected chi connectivity index (χ2v) is 5.63. The van der Waals surface area contributed by atoms with E-state index < -0.39 is 11.7 Å². The van der Waals surface area contributed by atoms with E-state index in [2.05, 4.69) is 16.0 Å². The Morgan fingerprint density at radius 1 is 1.08 bits per heavy atom. The molecule has 7 heteroatoms. The van der Waals surface area contributed by atoms with Gasteiger partial charge in [0, 0.05) is 17.8 Å². The minimum Gasteiger partial charge on any atom is -0.352 e. The Hall–Kier alpha value is -2.80. The predicted octanol–water partition coefficient (Wildman–Crippen LogP) is 3.09. The van der Waals surface area contributed by atoms with Crippen molar-refractivity contribution in [2.45, 2.75) is 13.3 Å². The molecule has 0 saturated heterocycles.